The third-order valence-corrected chi connectivity index (χ3v) is 5.56. The average Bonchev–Trinajstić information content (AvgIpc) is 2.84. The summed E-state index contributed by atoms with van der Waals surface area (Å²) in [7, 11) is 3.08. The molecule has 3 rings (SSSR count). The molecule has 0 aliphatic rings. The molecule has 192 valence electrons. The molecule has 3 aromatic rings. The highest BCUT2D eigenvalue weighted by molar-refractivity contribution is 6.05. The van der Waals surface area contributed by atoms with Gasteiger partial charge in [0.05, 0.1) is 20.3 Å². The minimum Gasteiger partial charge on any atom is -0.493 e. The fourth-order valence-corrected chi connectivity index (χ4v) is 3.66. The highest BCUT2D eigenvalue weighted by Crippen LogP contribution is 2.36. The van der Waals surface area contributed by atoms with Crippen LogP contribution in [0.2, 0.25) is 0 Å². The maximum Gasteiger partial charge on any atom is 0.408 e. The Morgan fingerprint density at radius 3 is 2.36 bits per heavy atom. The second-order valence-corrected chi connectivity index (χ2v) is 9.47. The Balaban J connectivity index is 2.11. The standard InChI is InChI=1S/C28H34N2O6/c1-8-17(2)35-20-11-9-10-18(12-20)26(31)25(30-27(32)36-28(3,4)5)22-16-29-15-19-13-23(33-6)24(34-7)14-21(19)22/h9-17,25H,8H2,1-7H3,(H,30,32). The van der Waals surface area contributed by atoms with E-state index < -0.39 is 17.7 Å². The molecule has 8 nitrogen and oxygen atoms in total. The SMILES string of the molecule is CCC(C)Oc1cccc(C(=O)C(NC(=O)OC(C)(C)C)c2cncc3cc(OC)c(OC)cc23)c1. The van der Waals surface area contributed by atoms with Crippen molar-refractivity contribution in [3.05, 3.63) is 59.9 Å². The quantitative estimate of drug-likeness (QED) is 0.371. The number of amides is 1. The summed E-state index contributed by atoms with van der Waals surface area (Å²) < 4.78 is 22.3. The van der Waals surface area contributed by atoms with Crippen LogP contribution in [0.1, 0.15) is 63.0 Å². The van der Waals surface area contributed by atoms with Crippen LogP contribution in [-0.2, 0) is 4.74 Å². The van der Waals surface area contributed by atoms with E-state index in [9.17, 15) is 9.59 Å². The number of ketones is 1. The molecule has 0 saturated carbocycles. The van der Waals surface area contributed by atoms with Crippen molar-refractivity contribution in [3.8, 4) is 17.2 Å². The molecule has 2 aromatic carbocycles. The number of hydrogen-bond acceptors (Lipinski definition) is 7. The molecule has 2 atom stereocenters. The van der Waals surface area contributed by atoms with Crippen LogP contribution in [0.4, 0.5) is 4.79 Å². The van der Waals surface area contributed by atoms with Crippen LogP contribution in [0.5, 0.6) is 17.2 Å². The van der Waals surface area contributed by atoms with E-state index in [1.807, 2.05) is 13.8 Å². The number of carbonyl (C=O) groups excluding carboxylic acids is 2. The van der Waals surface area contributed by atoms with Gasteiger partial charge in [-0.2, -0.15) is 0 Å². The minimum atomic E-state index is -1.08. The monoisotopic (exact) mass is 494 g/mol. The number of nitrogens with zero attached hydrogens (tertiary/aromatic N) is 1. The van der Waals surface area contributed by atoms with Crippen molar-refractivity contribution < 1.29 is 28.5 Å². The maximum atomic E-state index is 13.9. The van der Waals surface area contributed by atoms with Gasteiger partial charge in [-0.1, -0.05) is 19.1 Å². The van der Waals surface area contributed by atoms with Crippen molar-refractivity contribution in [2.45, 2.75) is 58.8 Å². The van der Waals surface area contributed by atoms with Gasteiger partial charge in [0.25, 0.3) is 0 Å². The summed E-state index contributed by atoms with van der Waals surface area (Å²) in [6.07, 6.45) is 3.33. The van der Waals surface area contributed by atoms with Gasteiger partial charge in [-0.25, -0.2) is 4.79 Å². The molecular formula is C28H34N2O6. The Morgan fingerprint density at radius 1 is 1.03 bits per heavy atom. The molecule has 0 spiro atoms. The van der Waals surface area contributed by atoms with E-state index in [-0.39, 0.29) is 11.9 Å². The van der Waals surface area contributed by atoms with Crippen LogP contribution in [0.15, 0.2) is 48.8 Å². The number of aromatic nitrogens is 1. The lowest BCUT2D eigenvalue weighted by Gasteiger charge is -2.24. The van der Waals surface area contributed by atoms with Crippen LogP contribution in [0, 0.1) is 0 Å². The molecule has 1 aromatic heterocycles. The number of benzene rings is 2. The fraction of sp³-hybridized carbons (Fsp3) is 0.393. The van der Waals surface area contributed by atoms with Gasteiger partial charge < -0.3 is 24.3 Å². The molecule has 36 heavy (non-hydrogen) atoms. The number of hydrogen-bond donors (Lipinski definition) is 1. The highest BCUT2D eigenvalue weighted by atomic mass is 16.6. The Morgan fingerprint density at radius 2 is 1.72 bits per heavy atom. The van der Waals surface area contributed by atoms with E-state index in [4.69, 9.17) is 18.9 Å². The van der Waals surface area contributed by atoms with Crippen molar-refractivity contribution in [2.75, 3.05) is 14.2 Å². The first kappa shape index (κ1) is 26.8. The molecule has 1 amide bonds. The molecule has 0 radical (unpaired) electrons. The van der Waals surface area contributed by atoms with Crippen LogP contribution in [0.25, 0.3) is 10.8 Å². The zero-order valence-corrected chi connectivity index (χ0v) is 21.9. The van der Waals surface area contributed by atoms with Crippen molar-refractivity contribution in [3.63, 3.8) is 0 Å². The normalized spacial score (nSPS) is 13.0. The van der Waals surface area contributed by atoms with Gasteiger partial charge in [0.1, 0.15) is 17.4 Å². The van der Waals surface area contributed by atoms with Gasteiger partial charge in [0, 0.05) is 28.9 Å². The number of fused-ring (bicyclic) bond motifs is 1. The molecule has 8 heteroatoms. The van der Waals surface area contributed by atoms with Crippen molar-refractivity contribution in [2.24, 2.45) is 0 Å². The maximum absolute atomic E-state index is 13.9. The van der Waals surface area contributed by atoms with Crippen LogP contribution in [0.3, 0.4) is 0 Å². The van der Waals surface area contributed by atoms with E-state index in [0.717, 1.165) is 11.8 Å². The van der Waals surface area contributed by atoms with Crippen LogP contribution < -0.4 is 19.5 Å². The number of Topliss-reactive ketones (excluding diaryl/α,β-unsaturated/α-hetero) is 1. The number of ether oxygens (including phenoxy) is 4. The summed E-state index contributed by atoms with van der Waals surface area (Å²) in [5, 5.41) is 4.16. The third-order valence-electron chi connectivity index (χ3n) is 5.56. The zero-order chi connectivity index (χ0) is 26.5. The second-order valence-electron chi connectivity index (χ2n) is 9.47. The molecular weight excluding hydrogens is 460 g/mol. The minimum absolute atomic E-state index is 0.00394. The number of pyridine rings is 1. The van der Waals surface area contributed by atoms with Crippen molar-refractivity contribution >= 4 is 22.6 Å². The summed E-state index contributed by atoms with van der Waals surface area (Å²) in [5.74, 6) is 1.26. The third kappa shape index (κ3) is 6.44. The number of nitrogens with one attached hydrogen (secondary N) is 1. The van der Waals surface area contributed by atoms with Gasteiger partial charge in [-0.3, -0.25) is 9.78 Å². The molecule has 0 bridgehead atoms. The number of carbonyl (C=O) groups is 2. The second kappa shape index (κ2) is 11.3. The van der Waals surface area contributed by atoms with Gasteiger partial charge >= 0.3 is 6.09 Å². The van der Waals surface area contributed by atoms with E-state index >= 15 is 0 Å². The number of methoxy groups -OCH3 is 2. The molecule has 0 fully saturated rings. The molecule has 1 N–H and O–H groups in total. The highest BCUT2D eigenvalue weighted by Gasteiger charge is 2.29. The molecule has 0 aliphatic heterocycles. The smallest absolute Gasteiger partial charge is 0.408 e. The van der Waals surface area contributed by atoms with Crippen molar-refractivity contribution in [1.82, 2.24) is 10.3 Å². The summed E-state index contributed by atoms with van der Waals surface area (Å²) >= 11 is 0. The van der Waals surface area contributed by atoms with E-state index in [1.54, 1.807) is 76.7 Å². The Hall–Kier alpha value is -3.81. The summed E-state index contributed by atoms with van der Waals surface area (Å²) in [5.41, 5.74) is 0.141. The van der Waals surface area contributed by atoms with E-state index in [2.05, 4.69) is 10.3 Å². The average molecular weight is 495 g/mol. The first-order valence-electron chi connectivity index (χ1n) is 11.9. The number of alkyl carbamates (subject to hydrolysis) is 1. The molecule has 0 saturated heterocycles. The van der Waals surface area contributed by atoms with Gasteiger partial charge in [-0.15, -0.1) is 0 Å². The summed E-state index contributed by atoms with van der Waals surface area (Å²) in [6.45, 7) is 9.27. The lowest BCUT2D eigenvalue weighted by atomic mass is 9.94. The van der Waals surface area contributed by atoms with E-state index in [0.29, 0.717) is 33.8 Å². The van der Waals surface area contributed by atoms with Crippen LogP contribution in [-0.4, -0.2) is 42.8 Å². The Bertz CT molecular complexity index is 1230. The Kier molecular flexibility index (Phi) is 8.40. The first-order chi connectivity index (χ1) is 17.1. The van der Waals surface area contributed by atoms with Gasteiger partial charge in [0.2, 0.25) is 0 Å². The number of rotatable bonds is 9. The lowest BCUT2D eigenvalue weighted by molar-refractivity contribution is 0.0491. The van der Waals surface area contributed by atoms with Gasteiger partial charge in [0.15, 0.2) is 17.3 Å². The first-order valence-corrected chi connectivity index (χ1v) is 11.9. The predicted octanol–water partition coefficient (Wildman–Crippen LogP) is 5.88. The molecule has 1 heterocycles. The fourth-order valence-electron chi connectivity index (χ4n) is 3.66. The topological polar surface area (TPSA) is 96.0 Å². The zero-order valence-electron chi connectivity index (χ0n) is 21.9. The predicted molar refractivity (Wildman–Crippen MR) is 138 cm³/mol. The van der Waals surface area contributed by atoms with Gasteiger partial charge in [-0.05, 0) is 63.8 Å². The summed E-state index contributed by atoms with van der Waals surface area (Å²) in [4.78, 5) is 31.0. The Labute approximate surface area is 211 Å². The summed E-state index contributed by atoms with van der Waals surface area (Å²) in [6, 6.07) is 9.40. The molecule has 0 aliphatic carbocycles. The van der Waals surface area contributed by atoms with Crippen molar-refractivity contribution in [1.29, 1.82) is 0 Å². The van der Waals surface area contributed by atoms with E-state index in [1.165, 1.54) is 7.11 Å². The lowest BCUT2D eigenvalue weighted by Crippen LogP contribution is -2.38. The molecule has 2 unspecified atom stereocenters. The van der Waals surface area contributed by atoms with Crippen LogP contribution >= 0.6 is 0 Å². The largest absolute Gasteiger partial charge is 0.493 e.